The Morgan fingerprint density at radius 1 is 1.11 bits per heavy atom. The number of halogens is 1. The van der Waals surface area contributed by atoms with Crippen molar-refractivity contribution < 1.29 is 23.1 Å². The highest BCUT2D eigenvalue weighted by atomic mass is 19.1. The molecule has 36 heavy (non-hydrogen) atoms. The Balaban J connectivity index is 1.18. The van der Waals surface area contributed by atoms with Crippen LogP contribution in [0.3, 0.4) is 0 Å². The molecule has 1 fully saturated rings. The number of hydrogen-bond donors (Lipinski definition) is 1. The predicted octanol–water partition coefficient (Wildman–Crippen LogP) is 4.75. The Bertz CT molecular complexity index is 1390. The molecule has 1 saturated heterocycles. The van der Waals surface area contributed by atoms with Crippen LogP contribution < -0.4 is 15.0 Å². The first kappa shape index (κ1) is 23.2. The molecule has 1 aliphatic heterocycles. The van der Waals surface area contributed by atoms with Gasteiger partial charge in [-0.2, -0.15) is 0 Å². The monoisotopic (exact) mass is 486 g/mol. The molecule has 1 aromatic heterocycles. The molecule has 5 rings (SSSR count). The van der Waals surface area contributed by atoms with Crippen LogP contribution in [0.4, 0.5) is 15.8 Å². The van der Waals surface area contributed by atoms with Crippen molar-refractivity contribution >= 4 is 23.2 Å². The van der Waals surface area contributed by atoms with Crippen molar-refractivity contribution in [3.63, 3.8) is 0 Å². The molecule has 2 amide bonds. The summed E-state index contributed by atoms with van der Waals surface area (Å²) in [5.74, 6) is -0.0851. The first-order valence-corrected chi connectivity index (χ1v) is 11.4. The number of aromatic nitrogens is 2. The number of carbonyl (C=O) groups is 2. The predicted molar refractivity (Wildman–Crippen MR) is 131 cm³/mol. The number of anilines is 2. The fourth-order valence-corrected chi connectivity index (χ4v) is 3.93. The van der Waals surface area contributed by atoms with Gasteiger partial charge in [-0.1, -0.05) is 23.8 Å². The topological polar surface area (TPSA) is 97.6 Å². The molecule has 9 heteroatoms. The SMILES string of the molecule is Cc1ccc(N2CC(C(=O)Nc3cccc(OCc4nnc(-c5ccc(F)cc5)o4)c3)CC2=O)cc1. The maximum atomic E-state index is 13.1. The van der Waals surface area contributed by atoms with Gasteiger partial charge in [-0.3, -0.25) is 9.59 Å². The molecule has 0 aliphatic carbocycles. The van der Waals surface area contributed by atoms with Gasteiger partial charge in [0.2, 0.25) is 17.7 Å². The van der Waals surface area contributed by atoms with Gasteiger partial charge in [-0.05, 0) is 55.5 Å². The largest absolute Gasteiger partial charge is 0.484 e. The molecule has 2 heterocycles. The smallest absolute Gasteiger partial charge is 0.254 e. The minimum absolute atomic E-state index is 0.0221. The normalized spacial score (nSPS) is 15.2. The van der Waals surface area contributed by atoms with E-state index in [0.29, 0.717) is 23.5 Å². The van der Waals surface area contributed by atoms with Crippen molar-refractivity contribution in [2.45, 2.75) is 20.0 Å². The van der Waals surface area contributed by atoms with Crippen LogP contribution in [0.1, 0.15) is 17.9 Å². The maximum absolute atomic E-state index is 13.1. The first-order valence-electron chi connectivity index (χ1n) is 11.4. The fraction of sp³-hybridized carbons (Fsp3) is 0.185. The van der Waals surface area contributed by atoms with Crippen LogP contribution in [0.25, 0.3) is 11.5 Å². The Kier molecular flexibility index (Phi) is 6.44. The summed E-state index contributed by atoms with van der Waals surface area (Å²) >= 11 is 0. The zero-order chi connectivity index (χ0) is 25.1. The second-order valence-corrected chi connectivity index (χ2v) is 8.55. The summed E-state index contributed by atoms with van der Waals surface area (Å²) in [6.45, 7) is 2.34. The number of benzene rings is 3. The van der Waals surface area contributed by atoms with Gasteiger partial charge in [0.25, 0.3) is 5.89 Å². The van der Waals surface area contributed by atoms with Crippen molar-refractivity contribution in [2.24, 2.45) is 5.92 Å². The molecule has 1 N–H and O–H groups in total. The van der Waals surface area contributed by atoms with Gasteiger partial charge in [0.05, 0.1) is 5.92 Å². The lowest BCUT2D eigenvalue weighted by atomic mass is 10.1. The Hall–Kier alpha value is -4.53. The van der Waals surface area contributed by atoms with E-state index < -0.39 is 5.92 Å². The van der Waals surface area contributed by atoms with Crippen LogP contribution in [0.15, 0.2) is 77.2 Å². The van der Waals surface area contributed by atoms with E-state index in [1.165, 1.54) is 12.1 Å². The third kappa shape index (κ3) is 5.25. The Morgan fingerprint density at radius 3 is 2.67 bits per heavy atom. The van der Waals surface area contributed by atoms with Crippen LogP contribution in [0.5, 0.6) is 5.75 Å². The number of amides is 2. The molecule has 182 valence electrons. The third-order valence-corrected chi connectivity index (χ3v) is 5.86. The average Bonchev–Trinajstić information content (AvgIpc) is 3.51. The van der Waals surface area contributed by atoms with Crippen LogP contribution in [-0.4, -0.2) is 28.6 Å². The third-order valence-electron chi connectivity index (χ3n) is 5.86. The Labute approximate surface area is 206 Å². The number of rotatable bonds is 7. The molecule has 1 atom stereocenters. The molecule has 0 spiro atoms. The van der Waals surface area contributed by atoms with E-state index in [-0.39, 0.29) is 42.4 Å². The quantitative estimate of drug-likeness (QED) is 0.405. The summed E-state index contributed by atoms with van der Waals surface area (Å²) in [7, 11) is 0. The highest BCUT2D eigenvalue weighted by molar-refractivity contribution is 6.03. The second kappa shape index (κ2) is 9.99. The van der Waals surface area contributed by atoms with E-state index in [2.05, 4.69) is 15.5 Å². The molecule has 4 aromatic rings. The summed E-state index contributed by atoms with van der Waals surface area (Å²) < 4.78 is 24.4. The molecular weight excluding hydrogens is 463 g/mol. The molecule has 8 nitrogen and oxygen atoms in total. The molecule has 0 saturated carbocycles. The van der Waals surface area contributed by atoms with Crippen LogP contribution in [-0.2, 0) is 16.2 Å². The van der Waals surface area contributed by atoms with Gasteiger partial charge >= 0.3 is 0 Å². The van der Waals surface area contributed by atoms with E-state index in [4.69, 9.17) is 9.15 Å². The molecule has 1 aliphatic rings. The van der Waals surface area contributed by atoms with E-state index in [1.54, 1.807) is 41.3 Å². The van der Waals surface area contributed by atoms with Crippen molar-refractivity contribution in [1.82, 2.24) is 10.2 Å². The van der Waals surface area contributed by atoms with Crippen molar-refractivity contribution in [3.05, 3.63) is 90.1 Å². The molecular formula is C27H23FN4O4. The minimum Gasteiger partial charge on any atom is -0.484 e. The number of carbonyl (C=O) groups excluding carboxylic acids is 2. The van der Waals surface area contributed by atoms with Gasteiger partial charge in [0, 0.05) is 36.0 Å². The highest BCUT2D eigenvalue weighted by Gasteiger charge is 2.35. The second-order valence-electron chi connectivity index (χ2n) is 8.55. The number of aryl methyl sites for hydroxylation is 1. The Morgan fingerprint density at radius 2 is 1.89 bits per heavy atom. The number of ether oxygens (including phenoxy) is 1. The van der Waals surface area contributed by atoms with E-state index >= 15 is 0 Å². The van der Waals surface area contributed by atoms with Crippen molar-refractivity contribution in [1.29, 1.82) is 0 Å². The summed E-state index contributed by atoms with van der Waals surface area (Å²) in [6, 6.07) is 20.3. The minimum atomic E-state index is -0.452. The van der Waals surface area contributed by atoms with Crippen LogP contribution in [0.2, 0.25) is 0 Å². The number of nitrogens with one attached hydrogen (secondary N) is 1. The molecule has 1 unspecified atom stereocenters. The zero-order valence-electron chi connectivity index (χ0n) is 19.5. The lowest BCUT2D eigenvalue weighted by Crippen LogP contribution is -2.28. The van der Waals surface area contributed by atoms with Gasteiger partial charge in [0.1, 0.15) is 11.6 Å². The van der Waals surface area contributed by atoms with Gasteiger partial charge < -0.3 is 19.4 Å². The standard InChI is InChI=1S/C27H23FN4O4/c1-17-5-11-22(12-6-17)32-15-19(13-25(32)33)26(34)29-21-3-2-4-23(14-21)35-16-24-30-31-27(36-24)18-7-9-20(28)10-8-18/h2-12,14,19H,13,15-16H2,1H3,(H,29,34). The van der Waals surface area contributed by atoms with Gasteiger partial charge in [0.15, 0.2) is 6.61 Å². The first-order chi connectivity index (χ1) is 17.4. The van der Waals surface area contributed by atoms with Crippen LogP contribution in [0, 0.1) is 18.7 Å². The van der Waals surface area contributed by atoms with Gasteiger partial charge in [-0.25, -0.2) is 4.39 Å². The summed E-state index contributed by atoms with van der Waals surface area (Å²) in [5, 5.41) is 10.8. The molecule has 3 aromatic carbocycles. The van der Waals surface area contributed by atoms with Crippen LogP contribution >= 0.6 is 0 Å². The number of hydrogen-bond acceptors (Lipinski definition) is 6. The van der Waals surface area contributed by atoms with Crippen molar-refractivity contribution in [3.8, 4) is 17.2 Å². The summed E-state index contributed by atoms with van der Waals surface area (Å²) in [6.07, 6.45) is 0.156. The molecule has 0 radical (unpaired) electrons. The summed E-state index contributed by atoms with van der Waals surface area (Å²) in [4.78, 5) is 27.0. The zero-order valence-corrected chi connectivity index (χ0v) is 19.5. The lowest BCUT2D eigenvalue weighted by Gasteiger charge is -2.17. The van der Waals surface area contributed by atoms with E-state index in [9.17, 15) is 14.0 Å². The number of nitrogens with zero attached hydrogens (tertiary/aromatic N) is 3. The van der Waals surface area contributed by atoms with E-state index in [1.807, 2.05) is 31.2 Å². The fourth-order valence-electron chi connectivity index (χ4n) is 3.93. The summed E-state index contributed by atoms with van der Waals surface area (Å²) in [5.41, 5.74) is 3.05. The maximum Gasteiger partial charge on any atom is 0.254 e. The average molecular weight is 487 g/mol. The molecule has 0 bridgehead atoms. The van der Waals surface area contributed by atoms with E-state index in [0.717, 1.165) is 11.3 Å². The highest BCUT2D eigenvalue weighted by Crippen LogP contribution is 2.27. The van der Waals surface area contributed by atoms with Gasteiger partial charge in [-0.15, -0.1) is 10.2 Å². The lowest BCUT2D eigenvalue weighted by molar-refractivity contribution is -0.122. The van der Waals surface area contributed by atoms with Crippen molar-refractivity contribution in [2.75, 3.05) is 16.8 Å².